The van der Waals surface area contributed by atoms with Gasteiger partial charge in [-0.3, -0.25) is 0 Å². The molecular formula is C14H15BrN2OS. The summed E-state index contributed by atoms with van der Waals surface area (Å²) in [7, 11) is 0. The van der Waals surface area contributed by atoms with Crippen LogP contribution >= 0.6 is 27.7 Å². The largest absolute Gasteiger partial charge is 0.389 e. The maximum Gasteiger partial charge on any atom is 0.192 e. The van der Waals surface area contributed by atoms with Gasteiger partial charge in [0.15, 0.2) is 5.16 Å². The molecule has 2 aromatic rings. The van der Waals surface area contributed by atoms with Gasteiger partial charge in [0.2, 0.25) is 0 Å². The summed E-state index contributed by atoms with van der Waals surface area (Å²) in [5, 5.41) is 10.3. The summed E-state index contributed by atoms with van der Waals surface area (Å²) in [5.41, 5.74) is 2.81. The number of aromatic nitrogens is 2. The number of aliphatic hydroxyl groups is 1. The Kier molecular flexibility index (Phi) is 4.60. The van der Waals surface area contributed by atoms with Gasteiger partial charge in [-0.05, 0) is 56.3 Å². The minimum absolute atomic E-state index is 0.481. The predicted octanol–water partition coefficient (Wildman–Crippen LogP) is 4.06. The summed E-state index contributed by atoms with van der Waals surface area (Å²) >= 11 is 4.99. The van der Waals surface area contributed by atoms with Gasteiger partial charge in [0.05, 0.1) is 6.10 Å². The van der Waals surface area contributed by atoms with E-state index in [2.05, 4.69) is 25.9 Å². The van der Waals surface area contributed by atoms with Crippen molar-refractivity contribution in [3.8, 4) is 0 Å². The van der Waals surface area contributed by atoms with E-state index in [0.29, 0.717) is 0 Å². The number of hydrogen-bond acceptors (Lipinski definition) is 4. The van der Waals surface area contributed by atoms with Crippen LogP contribution in [0.25, 0.3) is 0 Å². The molecule has 5 heteroatoms. The smallest absolute Gasteiger partial charge is 0.192 e. The van der Waals surface area contributed by atoms with Crippen LogP contribution in [0.4, 0.5) is 0 Å². The van der Waals surface area contributed by atoms with E-state index < -0.39 is 6.10 Å². The number of rotatable bonds is 3. The summed E-state index contributed by atoms with van der Waals surface area (Å²) in [6.45, 7) is 5.68. The van der Waals surface area contributed by atoms with Gasteiger partial charge in [-0.1, -0.05) is 22.0 Å². The van der Waals surface area contributed by atoms with Crippen molar-refractivity contribution in [1.29, 1.82) is 0 Å². The Hall–Kier alpha value is -0.910. The molecule has 19 heavy (non-hydrogen) atoms. The first-order valence-corrected chi connectivity index (χ1v) is 7.54. The van der Waals surface area contributed by atoms with Gasteiger partial charge in [0, 0.05) is 20.8 Å². The first kappa shape index (κ1) is 14.5. The van der Waals surface area contributed by atoms with Gasteiger partial charge in [0.25, 0.3) is 0 Å². The molecule has 0 unspecified atom stereocenters. The fourth-order valence-corrected chi connectivity index (χ4v) is 3.52. The van der Waals surface area contributed by atoms with Crippen molar-refractivity contribution in [2.24, 2.45) is 0 Å². The second-order valence-electron chi connectivity index (χ2n) is 4.39. The average molecular weight is 339 g/mol. The van der Waals surface area contributed by atoms with E-state index in [4.69, 9.17) is 0 Å². The summed E-state index contributed by atoms with van der Waals surface area (Å²) < 4.78 is 0.900. The van der Waals surface area contributed by atoms with Gasteiger partial charge in [-0.15, -0.1) is 0 Å². The Balaban J connectivity index is 2.26. The molecule has 0 saturated heterocycles. The zero-order valence-corrected chi connectivity index (χ0v) is 13.4. The molecule has 0 aliphatic carbocycles. The van der Waals surface area contributed by atoms with Gasteiger partial charge in [-0.2, -0.15) is 0 Å². The maximum atomic E-state index is 9.60. The van der Waals surface area contributed by atoms with Crippen LogP contribution in [-0.2, 0) is 0 Å². The molecule has 1 N–H and O–H groups in total. The highest BCUT2D eigenvalue weighted by atomic mass is 79.9. The molecule has 0 fully saturated rings. The molecule has 1 aromatic heterocycles. The lowest BCUT2D eigenvalue weighted by atomic mass is 10.1. The van der Waals surface area contributed by atoms with Gasteiger partial charge < -0.3 is 5.11 Å². The van der Waals surface area contributed by atoms with Crippen molar-refractivity contribution in [2.75, 3.05) is 0 Å². The average Bonchev–Trinajstić information content (AvgIpc) is 2.26. The zero-order valence-electron chi connectivity index (χ0n) is 11.0. The zero-order chi connectivity index (χ0) is 14.0. The fraction of sp³-hybridized carbons (Fsp3) is 0.286. The molecule has 1 heterocycles. The lowest BCUT2D eigenvalue weighted by molar-refractivity contribution is 0.198. The van der Waals surface area contributed by atoms with Crippen molar-refractivity contribution in [1.82, 2.24) is 9.97 Å². The van der Waals surface area contributed by atoms with Gasteiger partial charge in [0.1, 0.15) is 0 Å². The maximum absolute atomic E-state index is 9.60. The minimum Gasteiger partial charge on any atom is -0.389 e. The number of hydrogen-bond donors (Lipinski definition) is 1. The van der Waals surface area contributed by atoms with E-state index in [-0.39, 0.29) is 0 Å². The van der Waals surface area contributed by atoms with E-state index >= 15 is 0 Å². The topological polar surface area (TPSA) is 46.0 Å². The predicted molar refractivity (Wildman–Crippen MR) is 80.4 cm³/mol. The van der Waals surface area contributed by atoms with E-state index in [1.807, 2.05) is 38.1 Å². The molecule has 0 bridgehead atoms. The van der Waals surface area contributed by atoms with E-state index in [9.17, 15) is 5.11 Å². The lowest BCUT2D eigenvalue weighted by Gasteiger charge is -2.09. The first-order chi connectivity index (χ1) is 8.95. The van der Waals surface area contributed by atoms with Crippen molar-refractivity contribution in [3.05, 3.63) is 45.7 Å². The van der Waals surface area contributed by atoms with Crippen molar-refractivity contribution in [2.45, 2.75) is 36.9 Å². The molecule has 3 nitrogen and oxygen atoms in total. The summed E-state index contributed by atoms with van der Waals surface area (Å²) in [6, 6.07) is 7.82. The van der Waals surface area contributed by atoms with Gasteiger partial charge >= 0.3 is 0 Å². The van der Waals surface area contributed by atoms with E-state index in [0.717, 1.165) is 31.5 Å². The molecule has 0 spiro atoms. The molecule has 0 amide bonds. The number of nitrogens with zero attached hydrogens (tertiary/aromatic N) is 2. The van der Waals surface area contributed by atoms with Crippen LogP contribution in [0.3, 0.4) is 0 Å². The molecule has 100 valence electrons. The molecule has 1 atom stereocenters. The Morgan fingerprint density at radius 3 is 2.32 bits per heavy atom. The van der Waals surface area contributed by atoms with Crippen LogP contribution in [-0.4, -0.2) is 15.1 Å². The highest BCUT2D eigenvalue weighted by Gasteiger charge is 2.08. The molecule has 2 rings (SSSR count). The third kappa shape index (κ3) is 3.78. The molecule has 0 radical (unpaired) electrons. The Labute approximate surface area is 125 Å². The summed E-state index contributed by atoms with van der Waals surface area (Å²) in [4.78, 5) is 9.85. The minimum atomic E-state index is -0.481. The number of halogens is 1. The fourth-order valence-electron chi connectivity index (χ4n) is 1.75. The summed E-state index contributed by atoms with van der Waals surface area (Å²) in [6.07, 6.45) is -0.481. The summed E-state index contributed by atoms with van der Waals surface area (Å²) in [5.74, 6) is 0. The van der Waals surface area contributed by atoms with Crippen molar-refractivity contribution < 1.29 is 5.11 Å². The third-order valence-electron chi connectivity index (χ3n) is 2.59. The molecule has 0 saturated carbocycles. The highest BCUT2D eigenvalue weighted by Crippen LogP contribution is 2.31. The second-order valence-corrected chi connectivity index (χ2v) is 6.29. The van der Waals surface area contributed by atoms with Crippen molar-refractivity contribution in [3.63, 3.8) is 0 Å². The molecule has 1 aromatic carbocycles. The lowest BCUT2D eigenvalue weighted by Crippen LogP contribution is -1.94. The highest BCUT2D eigenvalue weighted by molar-refractivity contribution is 9.10. The van der Waals surface area contributed by atoms with Crippen LogP contribution in [0.1, 0.15) is 30.0 Å². The Morgan fingerprint density at radius 1 is 1.16 bits per heavy atom. The van der Waals surface area contributed by atoms with E-state index in [1.54, 1.807) is 6.92 Å². The quantitative estimate of drug-likeness (QED) is 0.857. The van der Waals surface area contributed by atoms with Gasteiger partial charge in [-0.25, -0.2) is 9.97 Å². The first-order valence-electron chi connectivity index (χ1n) is 5.93. The SMILES string of the molecule is Cc1cc(C)nc(Sc2ccc([C@@H](C)O)c(Br)c2)n1. The van der Waals surface area contributed by atoms with Crippen LogP contribution in [0, 0.1) is 13.8 Å². The van der Waals surface area contributed by atoms with Crippen LogP contribution in [0.2, 0.25) is 0 Å². The van der Waals surface area contributed by atoms with Crippen LogP contribution < -0.4 is 0 Å². The monoisotopic (exact) mass is 338 g/mol. The molecule has 0 aliphatic rings. The second kappa shape index (κ2) is 6.03. The standard InChI is InChI=1S/C14H15BrN2OS/c1-8-6-9(2)17-14(16-8)19-11-4-5-12(10(3)18)13(15)7-11/h4-7,10,18H,1-3H3/t10-/m1/s1. The molecular weight excluding hydrogens is 324 g/mol. The number of benzene rings is 1. The normalized spacial score (nSPS) is 12.5. The number of aryl methyl sites for hydroxylation is 2. The Morgan fingerprint density at radius 2 is 1.79 bits per heavy atom. The van der Waals surface area contributed by atoms with Crippen molar-refractivity contribution >= 4 is 27.7 Å². The van der Waals surface area contributed by atoms with Crippen LogP contribution in [0.15, 0.2) is 38.8 Å². The van der Waals surface area contributed by atoms with Crippen LogP contribution in [0.5, 0.6) is 0 Å². The number of aliphatic hydroxyl groups excluding tert-OH is 1. The Bertz CT molecular complexity index is 582. The van der Waals surface area contributed by atoms with E-state index in [1.165, 1.54) is 11.8 Å². The third-order valence-corrected chi connectivity index (χ3v) is 4.13. The molecule has 0 aliphatic heterocycles.